The Balaban J connectivity index is 2.22. The van der Waals surface area contributed by atoms with E-state index in [-0.39, 0.29) is 11.8 Å². The molecule has 17 heavy (non-hydrogen) atoms. The molecule has 0 saturated carbocycles. The summed E-state index contributed by atoms with van der Waals surface area (Å²) in [6.45, 7) is 0. The van der Waals surface area contributed by atoms with E-state index in [0.29, 0.717) is 10.4 Å². The molecule has 2 heterocycles. The van der Waals surface area contributed by atoms with Crippen LogP contribution in [0.2, 0.25) is 5.02 Å². The van der Waals surface area contributed by atoms with Gasteiger partial charge in [0, 0.05) is 5.02 Å². The van der Waals surface area contributed by atoms with E-state index in [9.17, 15) is 9.59 Å². The normalized spacial score (nSPS) is 25.7. The van der Waals surface area contributed by atoms with Crippen LogP contribution in [0.15, 0.2) is 23.2 Å². The Kier molecular flexibility index (Phi) is 2.16. The van der Waals surface area contributed by atoms with Crippen molar-refractivity contribution in [3.63, 3.8) is 0 Å². The summed E-state index contributed by atoms with van der Waals surface area (Å²) in [6, 6.07) is 4.50. The quantitative estimate of drug-likeness (QED) is 0.613. The summed E-state index contributed by atoms with van der Waals surface area (Å²) in [5.41, 5.74) is 4.61. The van der Waals surface area contributed by atoms with Crippen molar-refractivity contribution in [2.75, 3.05) is 0 Å². The maximum absolute atomic E-state index is 11.6. The lowest BCUT2D eigenvalue weighted by Crippen LogP contribution is -2.60. The zero-order chi connectivity index (χ0) is 12.0. The predicted molar refractivity (Wildman–Crippen MR) is 60.3 cm³/mol. The summed E-state index contributed by atoms with van der Waals surface area (Å²) >= 11 is 5.86. The fourth-order valence-electron chi connectivity index (χ4n) is 2.01. The van der Waals surface area contributed by atoms with Crippen LogP contribution in [0, 0.1) is 5.92 Å². The minimum Gasteiger partial charge on any atom is -0.272 e. The van der Waals surface area contributed by atoms with Crippen LogP contribution < -0.4 is 21.4 Å². The van der Waals surface area contributed by atoms with E-state index < -0.39 is 12.0 Å². The smallest absolute Gasteiger partial charge is 0.264 e. The van der Waals surface area contributed by atoms with Crippen molar-refractivity contribution in [1.29, 1.82) is 0 Å². The van der Waals surface area contributed by atoms with Crippen molar-refractivity contribution in [2.45, 2.75) is 6.04 Å². The Morgan fingerprint density at radius 3 is 2.76 bits per heavy atom. The molecule has 1 aromatic carbocycles. The molecule has 0 bridgehead atoms. The van der Waals surface area contributed by atoms with Gasteiger partial charge in [-0.1, -0.05) is 23.7 Å². The SMILES string of the molecule is O=C1NNC(=O)C2N=c3cc(Cl)ccc3=CC12. The summed E-state index contributed by atoms with van der Waals surface area (Å²) in [5, 5.41) is 2.02. The fourth-order valence-corrected chi connectivity index (χ4v) is 2.17. The molecule has 0 spiro atoms. The number of nitrogens with one attached hydrogen (secondary N) is 2. The van der Waals surface area contributed by atoms with Gasteiger partial charge in [-0.25, -0.2) is 0 Å². The molecule has 0 aliphatic carbocycles. The van der Waals surface area contributed by atoms with Crippen LogP contribution in [-0.2, 0) is 9.59 Å². The second-order valence-corrected chi connectivity index (χ2v) is 4.38. The molecule has 0 radical (unpaired) electrons. The van der Waals surface area contributed by atoms with Gasteiger partial charge >= 0.3 is 0 Å². The zero-order valence-electron chi connectivity index (χ0n) is 8.61. The molecule has 5 nitrogen and oxygen atoms in total. The van der Waals surface area contributed by atoms with Gasteiger partial charge in [-0.3, -0.25) is 25.4 Å². The number of rotatable bonds is 0. The number of halogens is 1. The van der Waals surface area contributed by atoms with Gasteiger partial charge < -0.3 is 0 Å². The molecule has 0 aromatic heterocycles. The van der Waals surface area contributed by atoms with Gasteiger partial charge in [-0.05, 0) is 17.4 Å². The van der Waals surface area contributed by atoms with Gasteiger partial charge in [-0.15, -0.1) is 0 Å². The molecular weight excluding hydrogens is 242 g/mol. The molecule has 1 fully saturated rings. The van der Waals surface area contributed by atoms with Gasteiger partial charge in [0.1, 0.15) is 6.04 Å². The van der Waals surface area contributed by atoms with Crippen LogP contribution in [0.3, 0.4) is 0 Å². The lowest BCUT2D eigenvalue weighted by Gasteiger charge is -2.27. The lowest BCUT2D eigenvalue weighted by molar-refractivity contribution is -0.137. The Labute approximate surface area is 101 Å². The molecule has 2 atom stereocenters. The first-order valence-electron chi connectivity index (χ1n) is 5.10. The van der Waals surface area contributed by atoms with Gasteiger partial charge in [0.15, 0.2) is 0 Å². The van der Waals surface area contributed by atoms with Gasteiger partial charge in [0.2, 0.25) is 5.91 Å². The van der Waals surface area contributed by atoms with Crippen LogP contribution in [0.4, 0.5) is 0 Å². The molecular formula is C11H8ClN3O2. The van der Waals surface area contributed by atoms with Crippen molar-refractivity contribution in [1.82, 2.24) is 10.9 Å². The highest BCUT2D eigenvalue weighted by molar-refractivity contribution is 6.30. The van der Waals surface area contributed by atoms with E-state index in [1.165, 1.54) is 0 Å². The van der Waals surface area contributed by atoms with E-state index in [2.05, 4.69) is 15.8 Å². The summed E-state index contributed by atoms with van der Waals surface area (Å²) in [5.74, 6) is -1.10. The number of hydrazine groups is 1. The number of hydrogen-bond acceptors (Lipinski definition) is 3. The van der Waals surface area contributed by atoms with Gasteiger partial charge in [0.25, 0.3) is 5.91 Å². The van der Waals surface area contributed by atoms with Crippen LogP contribution in [0.1, 0.15) is 0 Å². The zero-order valence-corrected chi connectivity index (χ0v) is 9.36. The third kappa shape index (κ3) is 1.59. The molecule has 2 amide bonds. The molecule has 86 valence electrons. The molecule has 2 unspecified atom stereocenters. The molecule has 2 aliphatic heterocycles. The maximum Gasteiger partial charge on any atom is 0.264 e. The van der Waals surface area contributed by atoms with E-state index in [4.69, 9.17) is 11.6 Å². The first-order chi connectivity index (χ1) is 8.15. The third-order valence-corrected chi connectivity index (χ3v) is 3.09. The van der Waals surface area contributed by atoms with Crippen LogP contribution in [0.25, 0.3) is 6.08 Å². The van der Waals surface area contributed by atoms with E-state index >= 15 is 0 Å². The van der Waals surface area contributed by atoms with Crippen LogP contribution in [0.5, 0.6) is 0 Å². The highest BCUT2D eigenvalue weighted by Crippen LogP contribution is 2.15. The van der Waals surface area contributed by atoms with Crippen molar-refractivity contribution in [3.8, 4) is 0 Å². The highest BCUT2D eigenvalue weighted by atomic mass is 35.5. The van der Waals surface area contributed by atoms with Crippen LogP contribution in [-0.4, -0.2) is 17.9 Å². The maximum atomic E-state index is 11.6. The monoisotopic (exact) mass is 249 g/mol. The summed E-state index contributed by atoms with van der Waals surface area (Å²) in [7, 11) is 0. The number of benzene rings is 1. The summed E-state index contributed by atoms with van der Waals surface area (Å²) in [6.07, 6.45) is 1.75. The summed E-state index contributed by atoms with van der Waals surface area (Å²) < 4.78 is 0. The number of fused-ring (bicyclic) bond motifs is 2. The number of amides is 2. The number of carbonyl (C=O) groups excluding carboxylic acids is 2. The number of nitrogens with zero attached hydrogens (tertiary/aromatic N) is 1. The van der Waals surface area contributed by atoms with E-state index in [1.54, 1.807) is 24.3 Å². The standard InChI is InChI=1S/C11H8ClN3O2/c12-6-2-1-5-3-7-9(13-8(5)4-6)11(17)15-14-10(7)16/h1-4,7,9H,(H,14,16)(H,15,17). The van der Waals surface area contributed by atoms with Crippen molar-refractivity contribution in [3.05, 3.63) is 33.8 Å². The van der Waals surface area contributed by atoms with E-state index in [1.807, 2.05) is 0 Å². The molecule has 1 aromatic rings. The highest BCUT2D eigenvalue weighted by Gasteiger charge is 2.37. The molecule has 1 saturated heterocycles. The van der Waals surface area contributed by atoms with Gasteiger partial charge in [-0.2, -0.15) is 0 Å². The predicted octanol–water partition coefficient (Wildman–Crippen LogP) is -1.10. The average Bonchev–Trinajstić information content (AvgIpc) is 2.32. The first kappa shape index (κ1) is 10.3. The molecule has 2 N–H and O–H groups in total. The third-order valence-electron chi connectivity index (χ3n) is 2.85. The summed E-state index contributed by atoms with van der Waals surface area (Å²) in [4.78, 5) is 27.5. The molecule has 3 rings (SSSR count). The molecule has 6 heteroatoms. The topological polar surface area (TPSA) is 70.6 Å². The minimum absolute atomic E-state index is 0.251. The van der Waals surface area contributed by atoms with Crippen molar-refractivity contribution < 1.29 is 9.59 Å². The largest absolute Gasteiger partial charge is 0.272 e. The lowest BCUT2D eigenvalue weighted by atomic mass is 9.93. The number of carbonyl (C=O) groups is 2. The van der Waals surface area contributed by atoms with E-state index in [0.717, 1.165) is 5.22 Å². The Morgan fingerprint density at radius 2 is 1.94 bits per heavy atom. The van der Waals surface area contributed by atoms with Crippen molar-refractivity contribution >= 4 is 29.5 Å². The minimum atomic E-state index is -0.699. The second kappa shape index (κ2) is 3.56. The van der Waals surface area contributed by atoms with Crippen LogP contribution >= 0.6 is 11.6 Å². The first-order valence-corrected chi connectivity index (χ1v) is 5.48. The Hall–Kier alpha value is -1.88. The average molecular weight is 250 g/mol. The Bertz CT molecular complexity index is 641. The number of hydrogen-bond donors (Lipinski definition) is 2. The molecule has 2 aliphatic rings. The fraction of sp³-hybridized carbons (Fsp3) is 0.182. The van der Waals surface area contributed by atoms with Crippen molar-refractivity contribution in [2.24, 2.45) is 10.9 Å². The second-order valence-electron chi connectivity index (χ2n) is 3.95. The Morgan fingerprint density at radius 1 is 1.18 bits per heavy atom. The van der Waals surface area contributed by atoms with Gasteiger partial charge in [0.05, 0.1) is 11.3 Å².